The molecule has 0 radical (unpaired) electrons. The Hall–Kier alpha value is -2.92. The summed E-state index contributed by atoms with van der Waals surface area (Å²) in [6.45, 7) is 5.00. The highest BCUT2D eigenvalue weighted by molar-refractivity contribution is 7.80. The minimum absolute atomic E-state index is 0.201. The number of nitrogens with zero attached hydrogens (tertiary/aromatic N) is 2. The number of rotatable bonds is 7. The van der Waals surface area contributed by atoms with Crippen molar-refractivity contribution in [2.45, 2.75) is 30.7 Å². The van der Waals surface area contributed by atoms with Crippen molar-refractivity contribution in [3.8, 4) is 17.0 Å². The maximum atomic E-state index is 13.1. The molecule has 10 heteroatoms. The number of nitrogens with one attached hydrogen (secondary N) is 2. The SMILES string of the molecule is CN1CCNCC1.COc1ccc(-c2csc(CNC(=O)C3(CC(=O)O)Cc4ccccc4C3)n2)cc1S. The number of carboxylic acids is 1. The fourth-order valence-electron chi connectivity index (χ4n) is 4.84. The number of likely N-dealkylation sites (N-methyl/N-ethyl adjacent to an activating group) is 1. The Kier molecular flexibility index (Phi) is 9.43. The first-order chi connectivity index (χ1) is 18.3. The molecule has 1 aromatic heterocycles. The Balaban J connectivity index is 0.000000417. The number of ether oxygens (including phenoxy) is 1. The molecule has 0 bridgehead atoms. The van der Waals surface area contributed by atoms with E-state index < -0.39 is 11.4 Å². The number of carbonyl (C=O) groups excluding carboxylic acids is 1. The van der Waals surface area contributed by atoms with E-state index in [1.807, 2.05) is 47.8 Å². The van der Waals surface area contributed by atoms with Crippen LogP contribution in [0, 0.1) is 5.41 Å². The number of carbonyl (C=O) groups is 2. The number of fused-ring (bicyclic) bond motifs is 1. The van der Waals surface area contributed by atoms with Crippen LogP contribution >= 0.6 is 24.0 Å². The van der Waals surface area contributed by atoms with Crippen molar-refractivity contribution in [3.63, 3.8) is 0 Å². The van der Waals surface area contributed by atoms with Crippen LogP contribution in [0.2, 0.25) is 0 Å². The molecule has 2 aliphatic rings. The van der Waals surface area contributed by atoms with Crippen LogP contribution < -0.4 is 15.4 Å². The summed E-state index contributed by atoms with van der Waals surface area (Å²) in [5.74, 6) is -0.525. The highest BCUT2D eigenvalue weighted by atomic mass is 32.1. The smallest absolute Gasteiger partial charge is 0.304 e. The number of benzene rings is 2. The largest absolute Gasteiger partial charge is 0.496 e. The number of amides is 1. The third-order valence-corrected chi connectivity index (χ3v) is 8.11. The lowest BCUT2D eigenvalue weighted by Gasteiger charge is -2.25. The van der Waals surface area contributed by atoms with Gasteiger partial charge in [0.1, 0.15) is 10.8 Å². The van der Waals surface area contributed by atoms with Gasteiger partial charge in [-0.2, -0.15) is 0 Å². The average molecular weight is 555 g/mol. The predicted molar refractivity (Wildman–Crippen MR) is 152 cm³/mol. The number of methoxy groups -OCH3 is 1. The van der Waals surface area contributed by atoms with E-state index in [0.717, 1.165) is 45.4 Å². The normalized spacial score (nSPS) is 16.2. The van der Waals surface area contributed by atoms with Crippen molar-refractivity contribution in [1.82, 2.24) is 20.5 Å². The Morgan fingerprint density at radius 2 is 1.87 bits per heavy atom. The lowest BCUT2D eigenvalue weighted by Crippen LogP contribution is -2.43. The molecule has 2 aromatic carbocycles. The molecule has 5 rings (SSSR count). The fourth-order valence-corrected chi connectivity index (χ4v) is 5.89. The van der Waals surface area contributed by atoms with E-state index in [1.54, 1.807) is 7.11 Å². The van der Waals surface area contributed by atoms with Gasteiger partial charge in [-0.05, 0) is 49.2 Å². The summed E-state index contributed by atoms with van der Waals surface area (Å²) in [6, 6.07) is 13.4. The number of thiol groups is 1. The first-order valence-corrected chi connectivity index (χ1v) is 13.9. The first-order valence-electron chi connectivity index (χ1n) is 12.6. The zero-order valence-electron chi connectivity index (χ0n) is 21.7. The van der Waals surface area contributed by atoms with Gasteiger partial charge in [0.05, 0.1) is 31.2 Å². The zero-order valence-corrected chi connectivity index (χ0v) is 23.4. The number of piperazine rings is 1. The second kappa shape index (κ2) is 12.8. The molecule has 1 aliphatic heterocycles. The lowest BCUT2D eigenvalue weighted by atomic mass is 9.80. The molecule has 3 N–H and O–H groups in total. The Bertz CT molecular complexity index is 1250. The number of hydrogen-bond donors (Lipinski definition) is 4. The fraction of sp³-hybridized carbons (Fsp3) is 0.393. The van der Waals surface area contributed by atoms with Crippen LogP contribution in [0.3, 0.4) is 0 Å². The molecular formula is C28H34N4O4S2. The van der Waals surface area contributed by atoms with Gasteiger partial charge in [-0.15, -0.1) is 24.0 Å². The quantitative estimate of drug-likeness (QED) is 0.332. The topological polar surface area (TPSA) is 104 Å². The number of thiazole rings is 1. The molecular weight excluding hydrogens is 520 g/mol. The van der Waals surface area contributed by atoms with Gasteiger partial charge in [0.25, 0.3) is 0 Å². The van der Waals surface area contributed by atoms with E-state index in [-0.39, 0.29) is 18.9 Å². The summed E-state index contributed by atoms with van der Waals surface area (Å²) >= 11 is 5.87. The highest BCUT2D eigenvalue weighted by Gasteiger charge is 2.45. The molecule has 38 heavy (non-hydrogen) atoms. The second-order valence-electron chi connectivity index (χ2n) is 9.72. The van der Waals surface area contributed by atoms with Gasteiger partial charge >= 0.3 is 5.97 Å². The molecule has 2 heterocycles. The zero-order chi connectivity index (χ0) is 27.1. The predicted octanol–water partition coefficient (Wildman–Crippen LogP) is 3.50. The number of carboxylic acid groups (broad SMARTS) is 1. The van der Waals surface area contributed by atoms with Crippen LogP contribution in [0.4, 0.5) is 0 Å². The van der Waals surface area contributed by atoms with Crippen LogP contribution in [0.15, 0.2) is 52.7 Å². The lowest BCUT2D eigenvalue weighted by molar-refractivity contribution is -0.145. The van der Waals surface area contributed by atoms with Gasteiger partial charge < -0.3 is 25.4 Å². The van der Waals surface area contributed by atoms with Crippen molar-refractivity contribution in [1.29, 1.82) is 0 Å². The van der Waals surface area contributed by atoms with Crippen LogP contribution in [-0.2, 0) is 29.0 Å². The summed E-state index contributed by atoms with van der Waals surface area (Å²) in [7, 11) is 3.75. The number of hydrogen-bond acceptors (Lipinski definition) is 8. The third-order valence-electron chi connectivity index (χ3n) is 6.91. The van der Waals surface area contributed by atoms with Crippen LogP contribution in [0.1, 0.15) is 22.6 Å². The average Bonchev–Trinajstić information content (AvgIpc) is 3.53. The van der Waals surface area contributed by atoms with Gasteiger partial charge in [0.2, 0.25) is 5.91 Å². The van der Waals surface area contributed by atoms with Gasteiger partial charge in [0, 0.05) is 42.0 Å². The minimum Gasteiger partial charge on any atom is -0.496 e. The van der Waals surface area contributed by atoms with Gasteiger partial charge in [-0.3, -0.25) is 9.59 Å². The molecule has 0 spiro atoms. The van der Waals surface area contributed by atoms with Crippen molar-refractivity contribution in [3.05, 3.63) is 64.0 Å². The molecule has 3 aromatic rings. The van der Waals surface area contributed by atoms with E-state index in [0.29, 0.717) is 18.6 Å². The summed E-state index contributed by atoms with van der Waals surface area (Å²) in [4.78, 5) is 32.3. The van der Waals surface area contributed by atoms with E-state index in [2.05, 4.69) is 40.2 Å². The second-order valence-corrected chi connectivity index (χ2v) is 11.1. The third kappa shape index (κ3) is 6.93. The molecule has 1 amide bonds. The van der Waals surface area contributed by atoms with Crippen LogP contribution in [0.5, 0.6) is 5.75 Å². The number of aromatic nitrogens is 1. The molecule has 202 valence electrons. The van der Waals surface area contributed by atoms with Crippen molar-refractivity contribution < 1.29 is 19.4 Å². The van der Waals surface area contributed by atoms with Gasteiger partial charge in [0.15, 0.2) is 0 Å². The van der Waals surface area contributed by atoms with Gasteiger partial charge in [-0.25, -0.2) is 4.98 Å². The molecule has 8 nitrogen and oxygen atoms in total. The van der Waals surface area contributed by atoms with E-state index in [4.69, 9.17) is 4.74 Å². The maximum absolute atomic E-state index is 13.1. The molecule has 1 aliphatic carbocycles. The van der Waals surface area contributed by atoms with Crippen molar-refractivity contribution in [2.75, 3.05) is 40.3 Å². The molecule has 1 saturated heterocycles. The Labute approximate surface area is 232 Å². The Morgan fingerprint density at radius 1 is 1.18 bits per heavy atom. The summed E-state index contributed by atoms with van der Waals surface area (Å²) in [6.07, 6.45) is 0.662. The number of aliphatic carboxylic acids is 1. The summed E-state index contributed by atoms with van der Waals surface area (Å²) in [5, 5.41) is 18.3. The highest BCUT2D eigenvalue weighted by Crippen LogP contribution is 2.40. The van der Waals surface area contributed by atoms with Crippen LogP contribution in [-0.4, -0.2) is 67.2 Å². The molecule has 0 saturated carbocycles. The summed E-state index contributed by atoms with van der Waals surface area (Å²) < 4.78 is 5.23. The first kappa shape index (κ1) is 28.1. The molecule has 0 unspecified atom stereocenters. The molecule has 0 atom stereocenters. The molecule has 1 fully saturated rings. The Morgan fingerprint density at radius 3 is 2.42 bits per heavy atom. The van der Waals surface area contributed by atoms with Gasteiger partial charge in [-0.1, -0.05) is 24.3 Å². The standard InChI is InChI=1S/C23H22N2O4S2.C5H12N2/c1-29-18-7-6-14(8-19(18)30)17-13-31-20(25-17)12-24-22(28)23(11-21(26)27)9-15-4-2-3-5-16(15)10-23;1-7-4-2-6-3-5-7/h2-8,13,30H,9-12H2,1H3,(H,24,28)(H,26,27);6H,2-5H2,1H3. The summed E-state index contributed by atoms with van der Waals surface area (Å²) in [5.41, 5.74) is 2.82. The monoisotopic (exact) mass is 554 g/mol. The van der Waals surface area contributed by atoms with Crippen molar-refractivity contribution in [2.24, 2.45) is 5.41 Å². The van der Waals surface area contributed by atoms with E-state index in [9.17, 15) is 14.7 Å². The minimum atomic E-state index is -0.971. The van der Waals surface area contributed by atoms with Crippen LogP contribution in [0.25, 0.3) is 11.3 Å². The maximum Gasteiger partial charge on any atom is 0.304 e. The van der Waals surface area contributed by atoms with E-state index in [1.165, 1.54) is 24.4 Å². The van der Waals surface area contributed by atoms with Crippen molar-refractivity contribution >= 4 is 35.8 Å². The van der Waals surface area contributed by atoms with E-state index >= 15 is 0 Å².